The topological polar surface area (TPSA) is 173 Å². The lowest BCUT2D eigenvalue weighted by atomic mass is 10.0. The number of thioether (sulfide) groups is 1. The van der Waals surface area contributed by atoms with Crippen LogP contribution in [-0.2, 0) is 32.0 Å². The predicted octanol–water partition coefficient (Wildman–Crippen LogP) is 2.56. The van der Waals surface area contributed by atoms with Crippen LogP contribution in [0.3, 0.4) is 0 Å². The number of hydrogen-bond acceptors (Lipinski definition) is 6. The lowest BCUT2D eigenvalue weighted by Crippen LogP contribution is -2.57. The molecule has 1 saturated heterocycles. The maximum atomic E-state index is 13.8. The first-order valence-electron chi connectivity index (χ1n) is 14.7. The average Bonchev–Trinajstić information content (AvgIpc) is 3.78. The molecule has 3 amide bonds. The maximum Gasteiger partial charge on any atom is 0.326 e. The number of carbonyl (C=O) groups excluding carboxylic acids is 3. The van der Waals surface area contributed by atoms with Gasteiger partial charge in [0.1, 0.15) is 18.1 Å². The fourth-order valence-corrected chi connectivity index (χ4v) is 6.36. The van der Waals surface area contributed by atoms with E-state index in [4.69, 9.17) is 5.73 Å². The van der Waals surface area contributed by atoms with E-state index in [0.717, 1.165) is 38.7 Å². The van der Waals surface area contributed by atoms with Crippen LogP contribution in [-0.4, -0.2) is 86.4 Å². The molecule has 5 rings (SSSR count). The number of aliphatic carboxylic acids is 1. The first kappa shape index (κ1) is 31.1. The largest absolute Gasteiger partial charge is 0.480 e. The van der Waals surface area contributed by atoms with Gasteiger partial charge in [0.15, 0.2) is 0 Å². The molecule has 2 aromatic carbocycles. The van der Waals surface area contributed by atoms with Crippen molar-refractivity contribution in [3.8, 4) is 0 Å². The normalized spacial score (nSPS) is 17.0. The number of aromatic nitrogens is 2. The Kier molecular flexibility index (Phi) is 9.91. The van der Waals surface area contributed by atoms with Crippen LogP contribution < -0.4 is 16.4 Å². The van der Waals surface area contributed by atoms with E-state index in [0.29, 0.717) is 25.8 Å². The van der Waals surface area contributed by atoms with E-state index < -0.39 is 42.0 Å². The summed E-state index contributed by atoms with van der Waals surface area (Å²) in [5, 5.41) is 17.4. The highest BCUT2D eigenvalue weighted by molar-refractivity contribution is 7.98. The number of carbonyl (C=O) groups is 4. The molecule has 0 saturated carbocycles. The van der Waals surface area contributed by atoms with Crippen LogP contribution in [0.4, 0.5) is 0 Å². The van der Waals surface area contributed by atoms with Crippen molar-refractivity contribution in [2.24, 2.45) is 5.73 Å². The van der Waals surface area contributed by atoms with Crippen molar-refractivity contribution in [1.29, 1.82) is 0 Å². The van der Waals surface area contributed by atoms with E-state index in [1.165, 1.54) is 4.90 Å². The minimum absolute atomic E-state index is 0.0533. The fraction of sp³-hybridized carbons (Fsp3) is 0.375. The van der Waals surface area contributed by atoms with E-state index >= 15 is 0 Å². The molecule has 0 radical (unpaired) electrons. The number of H-pyrrole nitrogens is 2. The van der Waals surface area contributed by atoms with Crippen molar-refractivity contribution in [2.75, 3.05) is 18.6 Å². The summed E-state index contributed by atoms with van der Waals surface area (Å²) in [6, 6.07) is 11.4. The molecule has 4 atom stereocenters. The van der Waals surface area contributed by atoms with E-state index in [1.54, 1.807) is 24.2 Å². The molecule has 232 valence electrons. The van der Waals surface area contributed by atoms with Crippen LogP contribution in [0.2, 0.25) is 0 Å². The summed E-state index contributed by atoms with van der Waals surface area (Å²) < 4.78 is 0. The van der Waals surface area contributed by atoms with Gasteiger partial charge in [0.2, 0.25) is 17.7 Å². The smallest absolute Gasteiger partial charge is 0.326 e. The number of nitrogens with zero attached hydrogens (tertiary/aromatic N) is 1. The van der Waals surface area contributed by atoms with Gasteiger partial charge in [-0.2, -0.15) is 11.8 Å². The number of rotatable bonds is 13. The summed E-state index contributed by atoms with van der Waals surface area (Å²) in [6.07, 6.45) is 7.24. The summed E-state index contributed by atoms with van der Waals surface area (Å²) >= 11 is 1.60. The third kappa shape index (κ3) is 6.92. The van der Waals surface area contributed by atoms with Crippen molar-refractivity contribution in [3.05, 3.63) is 72.1 Å². The van der Waals surface area contributed by atoms with Crippen LogP contribution in [0, 0.1) is 0 Å². The summed E-state index contributed by atoms with van der Waals surface area (Å²) in [7, 11) is 0. The molecule has 0 bridgehead atoms. The Morgan fingerprint density at radius 1 is 0.955 bits per heavy atom. The molecule has 11 nitrogen and oxygen atoms in total. The average molecular weight is 619 g/mol. The van der Waals surface area contributed by atoms with Crippen molar-refractivity contribution < 1.29 is 24.3 Å². The number of nitrogens with two attached hydrogens (primary N) is 1. The first-order valence-corrected chi connectivity index (χ1v) is 16.1. The Hall–Kier alpha value is -4.29. The number of fused-ring (bicyclic) bond motifs is 2. The van der Waals surface area contributed by atoms with Gasteiger partial charge in [-0.1, -0.05) is 36.4 Å². The van der Waals surface area contributed by atoms with Gasteiger partial charge >= 0.3 is 5.97 Å². The van der Waals surface area contributed by atoms with E-state index in [-0.39, 0.29) is 18.7 Å². The van der Waals surface area contributed by atoms with Gasteiger partial charge in [-0.05, 0) is 54.5 Å². The zero-order chi connectivity index (χ0) is 31.2. The number of para-hydroxylation sites is 2. The molecule has 3 heterocycles. The predicted molar refractivity (Wildman–Crippen MR) is 171 cm³/mol. The van der Waals surface area contributed by atoms with Crippen molar-refractivity contribution >= 4 is 57.3 Å². The molecule has 2 aromatic heterocycles. The van der Waals surface area contributed by atoms with Gasteiger partial charge in [-0.25, -0.2) is 4.79 Å². The molecule has 4 unspecified atom stereocenters. The SMILES string of the molecule is CSCCC(N)C(=O)N1CCCC1C(=O)NC(Cc1c[nH]c2ccccc12)C(=O)NC(Cc1c[nH]c2ccccc12)C(=O)O. The number of amides is 3. The second-order valence-corrected chi connectivity index (χ2v) is 12.2. The molecule has 0 spiro atoms. The van der Waals surface area contributed by atoms with Gasteiger partial charge in [0.25, 0.3) is 0 Å². The van der Waals surface area contributed by atoms with Crippen LogP contribution in [0.25, 0.3) is 21.8 Å². The molecule has 1 aliphatic rings. The second-order valence-electron chi connectivity index (χ2n) is 11.2. The first-order chi connectivity index (χ1) is 21.3. The number of hydrogen-bond donors (Lipinski definition) is 6. The highest BCUT2D eigenvalue weighted by atomic mass is 32.2. The number of aromatic amines is 2. The van der Waals surface area contributed by atoms with Gasteiger partial charge in [0.05, 0.1) is 6.04 Å². The number of benzene rings is 2. The molecule has 1 aliphatic heterocycles. The van der Waals surface area contributed by atoms with Gasteiger partial charge < -0.3 is 36.3 Å². The third-order valence-electron chi connectivity index (χ3n) is 8.23. The van der Waals surface area contributed by atoms with Crippen molar-refractivity contribution in [1.82, 2.24) is 25.5 Å². The van der Waals surface area contributed by atoms with Crippen LogP contribution in [0.15, 0.2) is 60.9 Å². The lowest BCUT2D eigenvalue weighted by molar-refractivity contribution is -0.143. The van der Waals surface area contributed by atoms with Gasteiger partial charge in [-0.15, -0.1) is 0 Å². The Labute approximate surface area is 259 Å². The van der Waals surface area contributed by atoms with Crippen LogP contribution >= 0.6 is 11.8 Å². The van der Waals surface area contributed by atoms with Crippen molar-refractivity contribution in [2.45, 2.75) is 56.3 Å². The number of carboxylic acids is 1. The highest BCUT2D eigenvalue weighted by Crippen LogP contribution is 2.23. The second kappa shape index (κ2) is 14.0. The summed E-state index contributed by atoms with van der Waals surface area (Å²) in [5.74, 6) is -1.82. The van der Waals surface area contributed by atoms with Crippen molar-refractivity contribution in [3.63, 3.8) is 0 Å². The number of likely N-dealkylation sites (tertiary alicyclic amines) is 1. The summed E-state index contributed by atoms with van der Waals surface area (Å²) in [4.78, 5) is 60.7. The molecule has 7 N–H and O–H groups in total. The Balaban J connectivity index is 1.36. The number of carboxylic acid groups (broad SMARTS) is 1. The number of nitrogens with one attached hydrogen (secondary N) is 4. The molecular weight excluding hydrogens is 580 g/mol. The van der Waals surface area contributed by atoms with Gasteiger partial charge in [-0.3, -0.25) is 14.4 Å². The quantitative estimate of drug-likeness (QED) is 0.134. The van der Waals surface area contributed by atoms with Gasteiger partial charge in [0, 0.05) is 53.6 Å². The maximum absolute atomic E-state index is 13.8. The Morgan fingerprint density at radius 3 is 2.14 bits per heavy atom. The monoisotopic (exact) mass is 618 g/mol. The highest BCUT2D eigenvalue weighted by Gasteiger charge is 2.38. The molecule has 0 aliphatic carbocycles. The van der Waals surface area contributed by atoms with Crippen LogP contribution in [0.5, 0.6) is 0 Å². The molecule has 1 fully saturated rings. The molecule has 44 heavy (non-hydrogen) atoms. The standard InChI is InChI=1S/C32H38N6O5S/c1-44-14-12-23(33)31(41)38-13-6-11-28(38)30(40)36-26(15-19-17-34-24-9-4-2-7-21(19)24)29(39)37-27(32(42)43)16-20-18-35-25-10-5-3-8-22(20)25/h2-5,7-10,17-18,23,26-28,34-35H,6,11-16,33H2,1H3,(H,36,40)(H,37,39)(H,42,43). The van der Waals surface area contributed by atoms with E-state index in [2.05, 4.69) is 20.6 Å². The van der Waals surface area contributed by atoms with E-state index in [9.17, 15) is 24.3 Å². The summed E-state index contributed by atoms with van der Waals surface area (Å²) in [5.41, 5.74) is 9.44. The van der Waals surface area contributed by atoms with E-state index in [1.807, 2.05) is 54.8 Å². The zero-order valence-electron chi connectivity index (χ0n) is 24.5. The molecule has 12 heteroatoms. The Bertz CT molecular complexity index is 1650. The fourth-order valence-electron chi connectivity index (χ4n) is 5.87. The summed E-state index contributed by atoms with van der Waals surface area (Å²) in [6.45, 7) is 0.412. The molecule has 4 aromatic rings. The zero-order valence-corrected chi connectivity index (χ0v) is 25.4. The van der Waals surface area contributed by atoms with Crippen LogP contribution in [0.1, 0.15) is 30.4 Å². The molecular formula is C32H38N6O5S. The lowest BCUT2D eigenvalue weighted by Gasteiger charge is -2.28. The third-order valence-corrected chi connectivity index (χ3v) is 8.88. The minimum atomic E-state index is -1.23. The Morgan fingerprint density at radius 2 is 1.55 bits per heavy atom. The minimum Gasteiger partial charge on any atom is -0.480 e.